The third kappa shape index (κ3) is 3.01. The van der Waals surface area contributed by atoms with Crippen LogP contribution in [0, 0.1) is 17.3 Å². The van der Waals surface area contributed by atoms with Crippen LogP contribution in [0.2, 0.25) is 0 Å². The van der Waals surface area contributed by atoms with Crippen molar-refractivity contribution in [3.8, 4) is 11.8 Å². The Hall–Kier alpha value is -1.11. The zero-order valence-electron chi connectivity index (χ0n) is 11.8. The molecule has 2 N–H and O–H groups in total. The highest BCUT2D eigenvalue weighted by molar-refractivity contribution is 6.00. The van der Waals surface area contributed by atoms with E-state index in [-0.39, 0.29) is 11.2 Å². The molecule has 0 spiro atoms. The molecule has 1 rings (SSSR count). The normalized spacial score (nSPS) is 26.4. The second kappa shape index (κ2) is 4.87. The minimum absolute atomic E-state index is 0.255. The molecular weight excluding hydrogens is 228 g/mol. The molecule has 0 saturated carbocycles. The molecule has 0 aromatic carbocycles. The molecule has 100 valence electrons. The van der Waals surface area contributed by atoms with Crippen LogP contribution >= 0.6 is 0 Å². The summed E-state index contributed by atoms with van der Waals surface area (Å²) in [5.74, 6) is 5.51. The Labute approximate surface area is 109 Å². The Balaban J connectivity index is 3.23. The van der Waals surface area contributed by atoms with Gasteiger partial charge in [-0.05, 0) is 26.7 Å². The van der Waals surface area contributed by atoms with Crippen LogP contribution in [0.15, 0.2) is 11.1 Å². The first kappa shape index (κ1) is 14.9. The second-order valence-electron chi connectivity index (χ2n) is 5.85. The van der Waals surface area contributed by atoms with E-state index in [2.05, 4.69) is 11.8 Å². The van der Waals surface area contributed by atoms with Crippen molar-refractivity contribution in [3.05, 3.63) is 11.1 Å². The number of aliphatic hydroxyl groups is 2. The number of hydrogen-bond acceptors (Lipinski definition) is 3. The average molecular weight is 250 g/mol. The van der Waals surface area contributed by atoms with Crippen LogP contribution in [-0.2, 0) is 4.79 Å². The van der Waals surface area contributed by atoms with Gasteiger partial charge >= 0.3 is 0 Å². The molecule has 0 heterocycles. The molecule has 0 radical (unpaired) electrons. The van der Waals surface area contributed by atoms with Gasteiger partial charge in [0.2, 0.25) is 0 Å². The first-order chi connectivity index (χ1) is 8.10. The molecule has 2 unspecified atom stereocenters. The van der Waals surface area contributed by atoms with E-state index in [1.807, 2.05) is 20.8 Å². The molecule has 3 heteroatoms. The number of rotatable bonds is 1. The van der Waals surface area contributed by atoms with E-state index in [1.54, 1.807) is 13.8 Å². The molecule has 0 aromatic heterocycles. The molecular formula is C15H22O3. The molecule has 0 bridgehead atoms. The van der Waals surface area contributed by atoms with Gasteiger partial charge in [-0.3, -0.25) is 4.79 Å². The molecule has 0 fully saturated rings. The van der Waals surface area contributed by atoms with Gasteiger partial charge in [0, 0.05) is 16.6 Å². The minimum Gasteiger partial charge on any atom is -0.385 e. The summed E-state index contributed by atoms with van der Waals surface area (Å²) in [4.78, 5) is 11.8. The standard InChI is InChI=1S/C15H22O3/c1-6-15(5,18)8-7-11-10(2)13(17)12(16)9-14(11,3)4/h12,16,18H,6,9H2,1-5H3. The SMILES string of the molecule is CCC(C)(O)C#CC1=C(C)C(=O)C(O)CC1(C)C. The molecule has 0 saturated heterocycles. The predicted molar refractivity (Wildman–Crippen MR) is 70.8 cm³/mol. The molecule has 1 aliphatic carbocycles. The van der Waals surface area contributed by atoms with E-state index in [9.17, 15) is 15.0 Å². The van der Waals surface area contributed by atoms with Crippen LogP contribution in [0.4, 0.5) is 0 Å². The molecule has 18 heavy (non-hydrogen) atoms. The van der Waals surface area contributed by atoms with Gasteiger partial charge in [0.25, 0.3) is 0 Å². The lowest BCUT2D eigenvalue weighted by Gasteiger charge is -2.33. The fourth-order valence-electron chi connectivity index (χ4n) is 2.11. The van der Waals surface area contributed by atoms with Crippen LogP contribution in [0.3, 0.4) is 0 Å². The van der Waals surface area contributed by atoms with Crippen molar-refractivity contribution in [2.24, 2.45) is 5.41 Å². The number of hydrogen-bond donors (Lipinski definition) is 2. The van der Waals surface area contributed by atoms with Gasteiger partial charge in [0.15, 0.2) is 5.78 Å². The zero-order valence-corrected chi connectivity index (χ0v) is 11.8. The van der Waals surface area contributed by atoms with Crippen molar-refractivity contribution in [2.75, 3.05) is 0 Å². The first-order valence-electron chi connectivity index (χ1n) is 6.30. The number of carbonyl (C=O) groups excluding carboxylic acids is 1. The number of ketones is 1. The maximum atomic E-state index is 11.8. The van der Waals surface area contributed by atoms with Gasteiger partial charge in [-0.15, -0.1) is 0 Å². The fraction of sp³-hybridized carbons (Fsp3) is 0.667. The minimum atomic E-state index is -1.04. The summed E-state index contributed by atoms with van der Waals surface area (Å²) in [5.41, 5.74) is -0.138. The Kier molecular flexibility index (Phi) is 4.05. The Morgan fingerprint density at radius 2 is 2.06 bits per heavy atom. The van der Waals surface area contributed by atoms with E-state index >= 15 is 0 Å². The highest BCUT2D eigenvalue weighted by Crippen LogP contribution is 2.38. The summed E-state index contributed by atoms with van der Waals surface area (Å²) < 4.78 is 0. The topological polar surface area (TPSA) is 57.5 Å². The van der Waals surface area contributed by atoms with Crippen molar-refractivity contribution in [2.45, 2.75) is 59.2 Å². The molecule has 2 atom stereocenters. The van der Waals surface area contributed by atoms with E-state index in [4.69, 9.17) is 0 Å². The van der Waals surface area contributed by atoms with Gasteiger partial charge in [-0.1, -0.05) is 32.6 Å². The third-order valence-corrected chi connectivity index (χ3v) is 3.57. The van der Waals surface area contributed by atoms with Crippen LogP contribution in [-0.4, -0.2) is 27.7 Å². The maximum absolute atomic E-state index is 11.8. The summed E-state index contributed by atoms with van der Waals surface area (Å²) in [7, 11) is 0. The lowest BCUT2D eigenvalue weighted by molar-refractivity contribution is -0.125. The first-order valence-corrected chi connectivity index (χ1v) is 6.30. The predicted octanol–water partition coefficient (Wildman–Crippen LogP) is 1.83. The highest BCUT2D eigenvalue weighted by atomic mass is 16.3. The van der Waals surface area contributed by atoms with Crippen LogP contribution in [0.25, 0.3) is 0 Å². The van der Waals surface area contributed by atoms with E-state index in [0.717, 1.165) is 5.57 Å². The molecule has 1 aliphatic rings. The summed E-state index contributed by atoms with van der Waals surface area (Å²) >= 11 is 0. The highest BCUT2D eigenvalue weighted by Gasteiger charge is 2.37. The van der Waals surface area contributed by atoms with Crippen molar-refractivity contribution in [1.82, 2.24) is 0 Å². The quantitative estimate of drug-likeness (QED) is 0.698. The maximum Gasteiger partial charge on any atom is 0.187 e. The summed E-state index contributed by atoms with van der Waals surface area (Å²) in [6.07, 6.45) is -0.0256. The van der Waals surface area contributed by atoms with Gasteiger partial charge < -0.3 is 10.2 Å². The molecule has 0 amide bonds. The van der Waals surface area contributed by atoms with E-state index in [0.29, 0.717) is 18.4 Å². The Bertz CT molecular complexity index is 444. The van der Waals surface area contributed by atoms with Gasteiger partial charge in [0.1, 0.15) is 11.7 Å². The van der Waals surface area contributed by atoms with E-state index in [1.165, 1.54) is 0 Å². The molecule has 0 aliphatic heterocycles. The Morgan fingerprint density at radius 1 is 1.50 bits per heavy atom. The largest absolute Gasteiger partial charge is 0.385 e. The summed E-state index contributed by atoms with van der Waals surface area (Å²) in [6, 6.07) is 0. The smallest absolute Gasteiger partial charge is 0.187 e. The lowest BCUT2D eigenvalue weighted by atomic mass is 9.71. The van der Waals surface area contributed by atoms with Crippen molar-refractivity contribution >= 4 is 5.78 Å². The van der Waals surface area contributed by atoms with E-state index < -0.39 is 11.7 Å². The number of aliphatic hydroxyl groups excluding tert-OH is 1. The van der Waals surface area contributed by atoms with Gasteiger partial charge in [-0.2, -0.15) is 0 Å². The van der Waals surface area contributed by atoms with Crippen molar-refractivity contribution in [3.63, 3.8) is 0 Å². The zero-order chi connectivity index (χ0) is 14.1. The van der Waals surface area contributed by atoms with Crippen LogP contribution < -0.4 is 0 Å². The average Bonchev–Trinajstić information content (AvgIpc) is 2.25. The molecule has 3 nitrogen and oxygen atoms in total. The lowest BCUT2D eigenvalue weighted by Crippen LogP contribution is -2.36. The molecule has 0 aromatic rings. The third-order valence-electron chi connectivity index (χ3n) is 3.57. The van der Waals surface area contributed by atoms with Gasteiger partial charge in [-0.25, -0.2) is 0 Å². The number of carbonyl (C=O) groups is 1. The second-order valence-corrected chi connectivity index (χ2v) is 5.85. The van der Waals surface area contributed by atoms with Crippen LogP contribution in [0.5, 0.6) is 0 Å². The fourth-order valence-corrected chi connectivity index (χ4v) is 2.11. The monoisotopic (exact) mass is 250 g/mol. The van der Waals surface area contributed by atoms with Crippen LogP contribution in [0.1, 0.15) is 47.5 Å². The summed E-state index contributed by atoms with van der Waals surface area (Å²) in [5, 5.41) is 19.6. The van der Waals surface area contributed by atoms with Crippen molar-refractivity contribution in [1.29, 1.82) is 0 Å². The number of Topliss-reactive ketones (excluding diaryl/α,β-unsaturated/α-hetero) is 1. The summed E-state index contributed by atoms with van der Waals surface area (Å²) in [6.45, 7) is 9.12. The number of allylic oxidation sites excluding steroid dienone is 1. The van der Waals surface area contributed by atoms with Crippen molar-refractivity contribution < 1.29 is 15.0 Å². The Morgan fingerprint density at radius 3 is 2.56 bits per heavy atom. The van der Waals surface area contributed by atoms with Gasteiger partial charge in [0.05, 0.1) is 0 Å².